The molecule has 5 nitrogen and oxygen atoms in total. The van der Waals surface area contributed by atoms with Crippen LogP contribution < -0.4 is 5.32 Å². The molecule has 0 aliphatic carbocycles. The van der Waals surface area contributed by atoms with Crippen molar-refractivity contribution in [2.45, 2.75) is 39.0 Å². The zero-order valence-corrected chi connectivity index (χ0v) is 15.0. The summed E-state index contributed by atoms with van der Waals surface area (Å²) < 4.78 is 5.24. The molecular weight excluding hydrogens is 334 g/mol. The van der Waals surface area contributed by atoms with Gasteiger partial charge in [-0.15, -0.1) is 11.3 Å². The highest BCUT2D eigenvalue weighted by Gasteiger charge is 2.10. The van der Waals surface area contributed by atoms with E-state index >= 15 is 0 Å². The highest BCUT2D eigenvalue weighted by molar-refractivity contribution is 7.13. The second-order valence-corrected chi connectivity index (χ2v) is 6.79. The maximum atomic E-state index is 12.0. The summed E-state index contributed by atoms with van der Waals surface area (Å²) in [6.45, 7) is 2.16. The van der Waals surface area contributed by atoms with Crippen molar-refractivity contribution >= 4 is 22.9 Å². The summed E-state index contributed by atoms with van der Waals surface area (Å²) in [5.74, 6) is 1.18. The number of hydrogen-bond donors (Lipinski definition) is 1. The van der Waals surface area contributed by atoms with Gasteiger partial charge in [0.2, 0.25) is 17.6 Å². The molecule has 0 radical (unpaired) electrons. The van der Waals surface area contributed by atoms with Crippen molar-refractivity contribution in [3.63, 3.8) is 0 Å². The Labute approximate surface area is 151 Å². The molecule has 6 heteroatoms. The van der Waals surface area contributed by atoms with Gasteiger partial charge in [-0.25, -0.2) is 0 Å². The predicted molar refractivity (Wildman–Crippen MR) is 99.6 cm³/mol. The van der Waals surface area contributed by atoms with E-state index in [2.05, 4.69) is 34.5 Å². The van der Waals surface area contributed by atoms with E-state index in [9.17, 15) is 4.79 Å². The first-order valence-corrected chi connectivity index (χ1v) is 9.38. The first-order valence-electron chi connectivity index (χ1n) is 8.50. The van der Waals surface area contributed by atoms with Gasteiger partial charge in [-0.1, -0.05) is 36.7 Å². The Morgan fingerprint density at radius 2 is 2.04 bits per heavy atom. The molecule has 25 heavy (non-hydrogen) atoms. The van der Waals surface area contributed by atoms with Crippen molar-refractivity contribution < 1.29 is 9.32 Å². The van der Waals surface area contributed by atoms with Gasteiger partial charge in [0, 0.05) is 18.5 Å². The largest absolute Gasteiger partial charge is 0.339 e. The van der Waals surface area contributed by atoms with Crippen molar-refractivity contribution in [3.8, 4) is 10.7 Å². The molecule has 2 aromatic heterocycles. The summed E-state index contributed by atoms with van der Waals surface area (Å²) in [5.41, 5.74) is 2.13. The molecule has 1 aromatic carbocycles. The second kappa shape index (κ2) is 8.58. The van der Waals surface area contributed by atoms with Gasteiger partial charge in [-0.05, 0) is 42.0 Å². The highest BCUT2D eigenvalue weighted by atomic mass is 32.1. The van der Waals surface area contributed by atoms with Crippen molar-refractivity contribution in [1.82, 2.24) is 10.1 Å². The van der Waals surface area contributed by atoms with E-state index in [1.807, 2.05) is 29.6 Å². The molecule has 0 fully saturated rings. The average Bonchev–Trinajstić information content (AvgIpc) is 3.28. The van der Waals surface area contributed by atoms with Crippen LogP contribution in [0.5, 0.6) is 0 Å². The molecule has 130 valence electrons. The summed E-state index contributed by atoms with van der Waals surface area (Å²) in [5, 5.41) is 8.87. The van der Waals surface area contributed by atoms with Gasteiger partial charge >= 0.3 is 0 Å². The standard InChI is InChI=1S/C19H21N3O2S/c1-2-5-14-9-11-15(12-10-14)20-17(23)7-3-8-18-21-19(22-24-18)16-6-4-13-25-16/h4,6,9-13H,2-3,5,7-8H2,1H3,(H,20,23). The molecule has 3 rings (SSSR count). The lowest BCUT2D eigenvalue weighted by Crippen LogP contribution is -2.11. The van der Waals surface area contributed by atoms with Gasteiger partial charge in [0.1, 0.15) is 0 Å². The Morgan fingerprint density at radius 3 is 2.76 bits per heavy atom. The Hall–Kier alpha value is -2.47. The van der Waals surface area contributed by atoms with Crippen molar-refractivity contribution in [2.75, 3.05) is 5.32 Å². The van der Waals surface area contributed by atoms with Crippen LogP contribution in [0.1, 0.15) is 37.6 Å². The number of benzene rings is 1. The minimum atomic E-state index is 0.00115. The molecular formula is C19H21N3O2S. The van der Waals surface area contributed by atoms with Crippen LogP contribution in [0.4, 0.5) is 5.69 Å². The number of nitrogens with zero attached hydrogens (tertiary/aromatic N) is 2. The zero-order valence-electron chi connectivity index (χ0n) is 14.2. The number of hydrogen-bond acceptors (Lipinski definition) is 5. The van der Waals surface area contributed by atoms with E-state index in [0.717, 1.165) is 23.4 Å². The van der Waals surface area contributed by atoms with E-state index in [1.54, 1.807) is 11.3 Å². The van der Waals surface area contributed by atoms with E-state index in [0.29, 0.717) is 31.0 Å². The molecule has 0 spiro atoms. The maximum absolute atomic E-state index is 12.0. The molecule has 0 aliphatic heterocycles. The van der Waals surface area contributed by atoms with Crippen LogP contribution in [0, 0.1) is 0 Å². The fourth-order valence-electron chi connectivity index (χ4n) is 2.53. The Kier molecular flexibility index (Phi) is 5.95. The Bertz CT molecular complexity index is 794. The van der Waals surface area contributed by atoms with Crippen molar-refractivity contribution in [3.05, 3.63) is 53.2 Å². The lowest BCUT2D eigenvalue weighted by atomic mass is 10.1. The molecule has 1 amide bonds. The summed E-state index contributed by atoms with van der Waals surface area (Å²) in [4.78, 5) is 17.4. The number of carbonyl (C=O) groups excluding carboxylic acids is 1. The summed E-state index contributed by atoms with van der Waals surface area (Å²) in [6, 6.07) is 11.9. The lowest BCUT2D eigenvalue weighted by molar-refractivity contribution is -0.116. The number of carbonyl (C=O) groups is 1. The maximum Gasteiger partial charge on any atom is 0.226 e. The van der Waals surface area contributed by atoms with Crippen LogP contribution in [-0.2, 0) is 17.6 Å². The summed E-state index contributed by atoms with van der Waals surface area (Å²) in [7, 11) is 0. The van der Waals surface area contributed by atoms with Gasteiger partial charge in [-0.3, -0.25) is 4.79 Å². The third-order valence-electron chi connectivity index (χ3n) is 3.78. The van der Waals surface area contributed by atoms with Gasteiger partial charge in [0.15, 0.2) is 0 Å². The molecule has 0 bridgehead atoms. The predicted octanol–water partition coefficient (Wildman–Crippen LogP) is 4.71. The van der Waals surface area contributed by atoms with E-state index < -0.39 is 0 Å². The van der Waals surface area contributed by atoms with E-state index in [4.69, 9.17) is 4.52 Å². The highest BCUT2D eigenvalue weighted by Crippen LogP contribution is 2.21. The molecule has 0 saturated carbocycles. The van der Waals surface area contributed by atoms with Gasteiger partial charge < -0.3 is 9.84 Å². The third-order valence-corrected chi connectivity index (χ3v) is 4.65. The Morgan fingerprint density at radius 1 is 1.20 bits per heavy atom. The van der Waals surface area contributed by atoms with E-state index in [-0.39, 0.29) is 5.91 Å². The van der Waals surface area contributed by atoms with E-state index in [1.165, 1.54) is 5.56 Å². The first-order chi connectivity index (χ1) is 12.2. The quantitative estimate of drug-likeness (QED) is 0.635. The van der Waals surface area contributed by atoms with Crippen LogP contribution in [0.3, 0.4) is 0 Å². The normalized spacial score (nSPS) is 10.8. The van der Waals surface area contributed by atoms with Crippen LogP contribution in [0.25, 0.3) is 10.7 Å². The number of aryl methyl sites for hydroxylation is 2. The third kappa shape index (κ3) is 5.00. The van der Waals surface area contributed by atoms with Crippen LogP contribution >= 0.6 is 11.3 Å². The number of nitrogens with one attached hydrogen (secondary N) is 1. The van der Waals surface area contributed by atoms with Crippen molar-refractivity contribution in [2.24, 2.45) is 0 Å². The summed E-state index contributed by atoms with van der Waals surface area (Å²) in [6.07, 6.45) is 3.88. The fraction of sp³-hybridized carbons (Fsp3) is 0.316. The number of rotatable bonds is 8. The molecule has 1 N–H and O–H groups in total. The molecule has 0 atom stereocenters. The van der Waals surface area contributed by atoms with Crippen molar-refractivity contribution in [1.29, 1.82) is 0 Å². The average molecular weight is 355 g/mol. The summed E-state index contributed by atoms with van der Waals surface area (Å²) >= 11 is 1.57. The topological polar surface area (TPSA) is 68.0 Å². The van der Waals surface area contributed by atoms with Gasteiger partial charge in [0.05, 0.1) is 4.88 Å². The lowest BCUT2D eigenvalue weighted by Gasteiger charge is -2.05. The minimum absolute atomic E-state index is 0.00115. The Balaban J connectivity index is 1.43. The van der Waals surface area contributed by atoms with Crippen LogP contribution in [-0.4, -0.2) is 16.0 Å². The molecule has 3 aromatic rings. The second-order valence-electron chi connectivity index (χ2n) is 5.84. The molecule has 0 saturated heterocycles. The van der Waals surface area contributed by atoms with Gasteiger partial charge in [0.25, 0.3) is 0 Å². The first kappa shape index (κ1) is 17.4. The fourth-order valence-corrected chi connectivity index (χ4v) is 3.18. The number of thiophene rings is 1. The van der Waals surface area contributed by atoms with Crippen LogP contribution in [0.15, 0.2) is 46.3 Å². The van der Waals surface area contributed by atoms with Gasteiger partial charge in [-0.2, -0.15) is 4.98 Å². The zero-order chi connectivity index (χ0) is 17.5. The SMILES string of the molecule is CCCc1ccc(NC(=O)CCCc2nc(-c3cccs3)no2)cc1. The number of amides is 1. The molecule has 2 heterocycles. The van der Waals surface area contributed by atoms with Crippen LogP contribution in [0.2, 0.25) is 0 Å². The minimum Gasteiger partial charge on any atom is -0.339 e. The smallest absolute Gasteiger partial charge is 0.226 e. The monoisotopic (exact) mass is 355 g/mol. The number of anilines is 1. The molecule has 0 unspecified atom stereocenters. The molecule has 0 aliphatic rings. The number of aromatic nitrogens is 2.